The van der Waals surface area contributed by atoms with Crippen molar-refractivity contribution in [1.29, 1.82) is 0 Å². The number of carbonyl (C=O) groups excluding carboxylic acids is 1. The number of aryl methyl sites for hydroxylation is 1. The molecule has 1 aliphatic rings. The second-order valence-electron chi connectivity index (χ2n) is 6.36. The zero-order chi connectivity index (χ0) is 16.6. The van der Waals surface area contributed by atoms with Crippen molar-refractivity contribution in [3.8, 4) is 5.69 Å². The van der Waals surface area contributed by atoms with Crippen molar-refractivity contribution in [3.05, 3.63) is 46.7 Å². The number of para-hydroxylation sites is 1. The van der Waals surface area contributed by atoms with E-state index in [-0.39, 0.29) is 12.5 Å². The van der Waals surface area contributed by atoms with E-state index >= 15 is 0 Å². The third-order valence-corrected chi connectivity index (χ3v) is 4.74. The minimum absolute atomic E-state index is 0.0757. The predicted octanol–water partition coefficient (Wildman–Crippen LogP) is 2.72. The molecule has 1 aromatic heterocycles. The zero-order valence-corrected chi connectivity index (χ0v) is 14.0. The molecule has 0 spiro atoms. The molecule has 5 nitrogen and oxygen atoms in total. The molecule has 2 N–H and O–H groups in total. The van der Waals surface area contributed by atoms with Crippen molar-refractivity contribution in [3.63, 3.8) is 0 Å². The summed E-state index contributed by atoms with van der Waals surface area (Å²) in [6.45, 7) is 3.64. The van der Waals surface area contributed by atoms with Gasteiger partial charge >= 0.3 is 0 Å². The van der Waals surface area contributed by atoms with Crippen LogP contribution >= 0.6 is 11.6 Å². The highest BCUT2D eigenvalue weighted by Crippen LogP contribution is 2.39. The first-order valence-corrected chi connectivity index (χ1v) is 8.07. The SMILES string of the molecule is Cc1cn(-c2ccccc2Cl)nc1C(=O)NC(C)(CO)C1CC1. The third kappa shape index (κ3) is 3.12. The van der Waals surface area contributed by atoms with Gasteiger partial charge in [0.2, 0.25) is 0 Å². The first kappa shape index (κ1) is 16.0. The Hall–Kier alpha value is -1.85. The lowest BCUT2D eigenvalue weighted by molar-refractivity contribution is 0.0818. The van der Waals surface area contributed by atoms with Crippen LogP contribution in [0.25, 0.3) is 5.69 Å². The molecule has 1 heterocycles. The molecule has 0 radical (unpaired) electrons. The molecule has 0 aliphatic heterocycles. The van der Waals surface area contributed by atoms with Crippen LogP contribution in [0.15, 0.2) is 30.5 Å². The van der Waals surface area contributed by atoms with E-state index in [9.17, 15) is 9.90 Å². The van der Waals surface area contributed by atoms with Crippen LogP contribution in [-0.2, 0) is 0 Å². The summed E-state index contributed by atoms with van der Waals surface area (Å²) in [4.78, 5) is 12.6. The van der Waals surface area contributed by atoms with E-state index in [4.69, 9.17) is 11.6 Å². The van der Waals surface area contributed by atoms with Gasteiger partial charge in [-0.1, -0.05) is 23.7 Å². The third-order valence-electron chi connectivity index (χ3n) is 4.42. The highest BCUT2D eigenvalue weighted by Gasteiger charge is 2.42. The molecule has 3 rings (SSSR count). The zero-order valence-electron chi connectivity index (χ0n) is 13.2. The van der Waals surface area contributed by atoms with Crippen molar-refractivity contribution in [2.75, 3.05) is 6.61 Å². The number of hydrogen-bond acceptors (Lipinski definition) is 3. The number of nitrogens with zero attached hydrogens (tertiary/aromatic N) is 2. The standard InChI is InChI=1S/C17H20ClN3O2/c1-11-9-21(14-6-4-3-5-13(14)18)20-15(11)16(23)19-17(2,10-22)12-7-8-12/h3-6,9,12,22H,7-8,10H2,1-2H3,(H,19,23). The lowest BCUT2D eigenvalue weighted by Crippen LogP contribution is -2.51. The summed E-state index contributed by atoms with van der Waals surface area (Å²) < 4.78 is 1.61. The normalized spacial score (nSPS) is 16.9. The molecule has 6 heteroatoms. The van der Waals surface area contributed by atoms with Crippen LogP contribution in [0.5, 0.6) is 0 Å². The van der Waals surface area contributed by atoms with Crippen LogP contribution in [0.1, 0.15) is 35.8 Å². The van der Waals surface area contributed by atoms with Crippen molar-refractivity contribution in [2.24, 2.45) is 5.92 Å². The number of carbonyl (C=O) groups is 1. The summed E-state index contributed by atoms with van der Waals surface area (Å²) in [5.41, 5.74) is 1.25. The smallest absolute Gasteiger partial charge is 0.272 e. The molecule has 122 valence electrons. The molecule has 0 bridgehead atoms. The van der Waals surface area contributed by atoms with Crippen molar-refractivity contribution < 1.29 is 9.90 Å². The number of aliphatic hydroxyl groups is 1. The van der Waals surface area contributed by atoms with Gasteiger partial charge in [-0.3, -0.25) is 4.79 Å². The largest absolute Gasteiger partial charge is 0.394 e. The van der Waals surface area contributed by atoms with Gasteiger partial charge in [-0.05, 0) is 44.7 Å². The van der Waals surface area contributed by atoms with E-state index in [1.54, 1.807) is 16.9 Å². The van der Waals surface area contributed by atoms with Gasteiger partial charge in [-0.2, -0.15) is 5.10 Å². The Morgan fingerprint density at radius 3 is 2.78 bits per heavy atom. The first-order chi connectivity index (χ1) is 10.9. The minimum atomic E-state index is -0.586. The molecule has 1 aromatic carbocycles. The fourth-order valence-corrected chi connectivity index (χ4v) is 2.98. The molecule has 1 unspecified atom stereocenters. The molecule has 23 heavy (non-hydrogen) atoms. The van der Waals surface area contributed by atoms with Gasteiger partial charge in [-0.25, -0.2) is 4.68 Å². The van der Waals surface area contributed by atoms with Crippen LogP contribution in [0.2, 0.25) is 5.02 Å². The van der Waals surface area contributed by atoms with Gasteiger partial charge in [0.1, 0.15) is 0 Å². The number of benzene rings is 1. The Bertz CT molecular complexity index is 739. The maximum Gasteiger partial charge on any atom is 0.272 e. The molecule has 0 saturated heterocycles. The Kier molecular flexibility index (Phi) is 4.17. The molecular weight excluding hydrogens is 314 g/mol. The average Bonchev–Trinajstić information content (AvgIpc) is 3.31. The quantitative estimate of drug-likeness (QED) is 0.884. The van der Waals surface area contributed by atoms with E-state index in [2.05, 4.69) is 10.4 Å². The van der Waals surface area contributed by atoms with Crippen LogP contribution < -0.4 is 5.32 Å². The summed E-state index contributed by atoms with van der Waals surface area (Å²) in [5, 5.41) is 17.5. The number of halogens is 1. The Morgan fingerprint density at radius 1 is 1.48 bits per heavy atom. The van der Waals surface area contributed by atoms with E-state index in [0.717, 1.165) is 24.1 Å². The van der Waals surface area contributed by atoms with Crippen molar-refractivity contribution in [1.82, 2.24) is 15.1 Å². The first-order valence-electron chi connectivity index (χ1n) is 7.69. The van der Waals surface area contributed by atoms with Gasteiger partial charge in [0.15, 0.2) is 5.69 Å². The molecule has 1 saturated carbocycles. The highest BCUT2D eigenvalue weighted by molar-refractivity contribution is 6.32. The number of aliphatic hydroxyl groups excluding tert-OH is 1. The molecular formula is C17H20ClN3O2. The molecule has 1 fully saturated rings. The van der Waals surface area contributed by atoms with Gasteiger partial charge in [0, 0.05) is 11.8 Å². The van der Waals surface area contributed by atoms with Gasteiger partial charge in [-0.15, -0.1) is 0 Å². The van der Waals surface area contributed by atoms with Crippen LogP contribution in [0.4, 0.5) is 0 Å². The Labute approximate surface area is 140 Å². The minimum Gasteiger partial charge on any atom is -0.394 e. The second kappa shape index (κ2) is 5.98. The van der Waals surface area contributed by atoms with E-state index < -0.39 is 5.54 Å². The topological polar surface area (TPSA) is 67.2 Å². The van der Waals surface area contributed by atoms with Crippen molar-refractivity contribution >= 4 is 17.5 Å². The summed E-state index contributed by atoms with van der Waals surface area (Å²) >= 11 is 6.18. The highest BCUT2D eigenvalue weighted by atomic mass is 35.5. The van der Waals surface area contributed by atoms with Gasteiger partial charge in [0.25, 0.3) is 5.91 Å². The summed E-state index contributed by atoms with van der Waals surface area (Å²) in [5.74, 6) is 0.0687. The monoisotopic (exact) mass is 333 g/mol. The maximum absolute atomic E-state index is 12.6. The van der Waals surface area contributed by atoms with Crippen LogP contribution in [0, 0.1) is 12.8 Å². The molecule has 2 aromatic rings. The lowest BCUT2D eigenvalue weighted by atomic mass is 9.96. The predicted molar refractivity (Wildman–Crippen MR) is 89.0 cm³/mol. The van der Waals surface area contributed by atoms with Gasteiger partial charge in [0.05, 0.1) is 22.9 Å². The number of aromatic nitrogens is 2. The number of rotatable bonds is 5. The lowest BCUT2D eigenvalue weighted by Gasteiger charge is -2.28. The fraction of sp³-hybridized carbons (Fsp3) is 0.412. The molecule has 1 aliphatic carbocycles. The average molecular weight is 334 g/mol. The van der Waals surface area contributed by atoms with Crippen LogP contribution in [-0.4, -0.2) is 32.9 Å². The summed E-state index contributed by atoms with van der Waals surface area (Å²) in [7, 11) is 0. The van der Waals surface area contributed by atoms with E-state index in [1.807, 2.05) is 32.0 Å². The Balaban J connectivity index is 1.86. The van der Waals surface area contributed by atoms with E-state index in [1.165, 1.54) is 0 Å². The summed E-state index contributed by atoms with van der Waals surface area (Å²) in [6, 6.07) is 7.34. The fourth-order valence-electron chi connectivity index (χ4n) is 2.76. The van der Waals surface area contributed by atoms with Gasteiger partial charge < -0.3 is 10.4 Å². The van der Waals surface area contributed by atoms with E-state index in [0.29, 0.717) is 16.6 Å². The number of nitrogens with one attached hydrogen (secondary N) is 1. The van der Waals surface area contributed by atoms with Crippen molar-refractivity contribution in [2.45, 2.75) is 32.2 Å². The maximum atomic E-state index is 12.6. The summed E-state index contributed by atoms with van der Waals surface area (Å²) in [6.07, 6.45) is 3.85. The molecule has 1 amide bonds. The Morgan fingerprint density at radius 2 is 2.17 bits per heavy atom. The second-order valence-corrected chi connectivity index (χ2v) is 6.77. The van der Waals surface area contributed by atoms with Crippen LogP contribution in [0.3, 0.4) is 0 Å². The number of amides is 1. The number of hydrogen-bond donors (Lipinski definition) is 2. The molecule has 1 atom stereocenters.